The summed E-state index contributed by atoms with van der Waals surface area (Å²) in [6, 6.07) is 18.7. The van der Waals surface area contributed by atoms with Gasteiger partial charge in [-0.2, -0.15) is 5.10 Å². The lowest BCUT2D eigenvalue weighted by Crippen LogP contribution is -2.76. The van der Waals surface area contributed by atoms with Gasteiger partial charge in [-0.1, -0.05) is 54.5 Å². The van der Waals surface area contributed by atoms with Crippen molar-refractivity contribution in [2.45, 2.75) is 51.1 Å². The average molecular weight is 658 g/mol. The molecule has 3 heterocycles. The van der Waals surface area contributed by atoms with E-state index in [2.05, 4.69) is 24.0 Å². The maximum Gasteiger partial charge on any atom is 0.334 e. The minimum Gasteiger partial charge on any atom is -0.508 e. The second kappa shape index (κ2) is 13.5. The van der Waals surface area contributed by atoms with E-state index in [0.29, 0.717) is 5.92 Å². The van der Waals surface area contributed by atoms with Gasteiger partial charge in [0.2, 0.25) is 11.8 Å². The van der Waals surface area contributed by atoms with E-state index in [0.717, 1.165) is 39.7 Å². The molecule has 1 aliphatic carbocycles. The molecule has 0 radical (unpaired) electrons. The number of hydrazine groups is 1. The molecule has 0 bridgehead atoms. The van der Waals surface area contributed by atoms with E-state index < -0.39 is 18.2 Å². The number of hydrogen-bond acceptors (Lipinski definition) is 6. The van der Waals surface area contributed by atoms with Crippen LogP contribution in [0.25, 0.3) is 10.9 Å². The van der Waals surface area contributed by atoms with Crippen LogP contribution in [0.4, 0.5) is 4.79 Å². The Balaban J connectivity index is 1.22. The Morgan fingerprint density at radius 2 is 1.82 bits per heavy atom. The molecule has 2 atom stereocenters. The molecule has 3 aromatic carbocycles. The topological polar surface area (TPSA) is 114 Å². The van der Waals surface area contributed by atoms with Crippen LogP contribution in [0.5, 0.6) is 5.75 Å². The summed E-state index contributed by atoms with van der Waals surface area (Å²) >= 11 is 0. The van der Waals surface area contributed by atoms with Crippen molar-refractivity contribution in [3.8, 4) is 18.1 Å². The molecule has 3 fully saturated rings. The Hall–Kier alpha value is -5.60. The highest BCUT2D eigenvalue weighted by Gasteiger charge is 2.51. The lowest BCUT2D eigenvalue weighted by Gasteiger charge is -2.55. The number of nitrogens with one attached hydrogen (secondary N) is 1. The first-order valence-corrected chi connectivity index (χ1v) is 16.6. The second-order valence-corrected chi connectivity index (χ2v) is 13.0. The number of carbonyl (C=O) groups is 3. The van der Waals surface area contributed by atoms with Crippen molar-refractivity contribution in [2.75, 3.05) is 19.6 Å². The van der Waals surface area contributed by atoms with Crippen molar-refractivity contribution in [2.24, 2.45) is 5.92 Å². The van der Waals surface area contributed by atoms with Gasteiger partial charge in [-0.3, -0.25) is 14.3 Å². The highest BCUT2D eigenvalue weighted by atomic mass is 16.3. The standard InChI is InChI=1S/C38H39N7O4/c1-3-18-43-25-35(47)44-33(19-27-14-16-32(46)17-15-27)37(48)41(22-30-6-5-7-31-23-42(40-36(30)31)21-29-12-13-29)24-34(44)45(43)38(49)39-20-28-10-8-26(4-2)9-11-28/h2-3,5-11,14-17,23,29,33-34,46H,1,12-13,18-22,24-25H2,(H,39,49)/t33-,34-/m0/s1. The number of hydrogen-bond donors (Lipinski definition) is 2. The zero-order valence-corrected chi connectivity index (χ0v) is 27.2. The van der Waals surface area contributed by atoms with Crippen molar-refractivity contribution in [1.82, 2.24) is 34.9 Å². The molecular formula is C38H39N7O4. The van der Waals surface area contributed by atoms with Crippen molar-refractivity contribution in [1.29, 1.82) is 0 Å². The van der Waals surface area contributed by atoms with Gasteiger partial charge >= 0.3 is 6.03 Å². The lowest BCUT2D eigenvalue weighted by molar-refractivity contribution is -0.189. The Labute approximate surface area is 285 Å². The summed E-state index contributed by atoms with van der Waals surface area (Å²) in [5.41, 5.74) is 4.13. The number of piperazine rings is 1. The van der Waals surface area contributed by atoms with Crippen molar-refractivity contribution >= 4 is 28.7 Å². The summed E-state index contributed by atoms with van der Waals surface area (Å²) in [5, 5.41) is 22.1. The summed E-state index contributed by atoms with van der Waals surface area (Å²) in [7, 11) is 0. The molecule has 4 aromatic rings. The molecule has 250 valence electrons. The number of carbonyl (C=O) groups excluding carboxylic acids is 3. The molecule has 7 rings (SSSR count). The molecule has 11 heteroatoms. The van der Waals surface area contributed by atoms with Gasteiger partial charge in [-0.15, -0.1) is 13.0 Å². The first-order valence-electron chi connectivity index (χ1n) is 16.6. The van der Waals surface area contributed by atoms with Crippen molar-refractivity contribution in [3.63, 3.8) is 0 Å². The highest BCUT2D eigenvalue weighted by molar-refractivity contribution is 5.92. The van der Waals surface area contributed by atoms with E-state index in [1.165, 1.54) is 12.8 Å². The maximum absolute atomic E-state index is 14.4. The number of amides is 4. The molecular weight excluding hydrogens is 618 g/mol. The van der Waals surface area contributed by atoms with Crippen molar-refractivity contribution < 1.29 is 19.5 Å². The van der Waals surface area contributed by atoms with E-state index in [1.807, 2.05) is 47.1 Å². The summed E-state index contributed by atoms with van der Waals surface area (Å²) in [5.74, 6) is 2.91. The number of benzene rings is 3. The van der Waals surface area contributed by atoms with Gasteiger partial charge < -0.3 is 20.2 Å². The van der Waals surface area contributed by atoms with Crippen LogP contribution in [0.15, 0.2) is 85.6 Å². The molecule has 1 saturated carbocycles. The third kappa shape index (κ3) is 6.73. The number of aromatic nitrogens is 2. The van der Waals surface area contributed by atoms with Gasteiger partial charge in [0.05, 0.1) is 18.6 Å². The lowest BCUT2D eigenvalue weighted by atomic mass is 9.98. The first kappa shape index (κ1) is 32.0. The molecule has 4 amide bonds. The molecule has 2 aliphatic heterocycles. The first-order chi connectivity index (χ1) is 23.8. The number of rotatable bonds is 10. The van der Waals surface area contributed by atoms with E-state index in [-0.39, 0.29) is 56.7 Å². The largest absolute Gasteiger partial charge is 0.508 e. The fourth-order valence-electron chi connectivity index (χ4n) is 6.82. The monoisotopic (exact) mass is 657 g/mol. The van der Waals surface area contributed by atoms with E-state index >= 15 is 0 Å². The van der Waals surface area contributed by atoms with Crippen LogP contribution < -0.4 is 5.32 Å². The third-order valence-corrected chi connectivity index (χ3v) is 9.48. The van der Waals surface area contributed by atoms with E-state index in [4.69, 9.17) is 11.5 Å². The van der Waals surface area contributed by atoms with Crippen LogP contribution >= 0.6 is 0 Å². The SMILES string of the molecule is C#Cc1ccc(CNC(=O)N2[C@H]3CN(Cc4cccc5cn(CC6CC6)nc45)C(=O)[C@H](Cc4ccc(O)cc4)N3C(=O)CN2CC=C)cc1. The Morgan fingerprint density at radius 1 is 1.06 bits per heavy atom. The van der Waals surface area contributed by atoms with Gasteiger partial charge in [-0.25, -0.2) is 14.8 Å². The Morgan fingerprint density at radius 3 is 2.53 bits per heavy atom. The van der Waals surface area contributed by atoms with Gasteiger partial charge in [0.15, 0.2) is 0 Å². The van der Waals surface area contributed by atoms with Gasteiger partial charge in [0, 0.05) is 49.7 Å². The summed E-state index contributed by atoms with van der Waals surface area (Å²) in [4.78, 5) is 45.7. The number of phenolic OH excluding ortho intramolecular Hbond substituents is 1. The normalized spacial score (nSPS) is 19.5. The van der Waals surface area contributed by atoms with Crippen LogP contribution in [-0.4, -0.2) is 84.4 Å². The minimum absolute atomic E-state index is 0.0934. The van der Waals surface area contributed by atoms with Crippen LogP contribution in [0.2, 0.25) is 0 Å². The Bertz CT molecular complexity index is 1930. The quantitative estimate of drug-likeness (QED) is 0.198. The summed E-state index contributed by atoms with van der Waals surface area (Å²) in [6.07, 6.45) is 11.1. The molecule has 49 heavy (non-hydrogen) atoms. The fourth-order valence-corrected chi connectivity index (χ4v) is 6.82. The summed E-state index contributed by atoms with van der Waals surface area (Å²) in [6.45, 7) is 5.52. The summed E-state index contributed by atoms with van der Waals surface area (Å²) < 4.78 is 2.00. The number of terminal acetylenes is 1. The number of fused-ring (bicyclic) bond motifs is 2. The number of urea groups is 1. The molecule has 1 aromatic heterocycles. The molecule has 3 aliphatic rings. The molecule has 11 nitrogen and oxygen atoms in total. The van der Waals surface area contributed by atoms with Crippen LogP contribution in [0.3, 0.4) is 0 Å². The van der Waals surface area contributed by atoms with E-state index in [1.54, 1.807) is 50.2 Å². The van der Waals surface area contributed by atoms with Gasteiger partial charge in [0.1, 0.15) is 18.0 Å². The zero-order chi connectivity index (χ0) is 34.1. The fraction of sp³-hybridized carbons (Fsp3) is 0.316. The minimum atomic E-state index is -0.875. The second-order valence-electron chi connectivity index (χ2n) is 13.0. The van der Waals surface area contributed by atoms with Gasteiger partial charge in [-0.05, 0) is 59.7 Å². The Kier molecular flexibility index (Phi) is 8.80. The predicted octanol–water partition coefficient (Wildman–Crippen LogP) is 3.87. The van der Waals surface area contributed by atoms with Gasteiger partial charge in [0.25, 0.3) is 0 Å². The molecule has 2 N–H and O–H groups in total. The maximum atomic E-state index is 14.4. The van der Waals surface area contributed by atoms with Crippen LogP contribution in [0.1, 0.15) is 35.1 Å². The molecule has 0 spiro atoms. The van der Waals surface area contributed by atoms with E-state index in [9.17, 15) is 19.5 Å². The number of aromatic hydroxyl groups is 1. The third-order valence-electron chi connectivity index (χ3n) is 9.48. The average Bonchev–Trinajstić information content (AvgIpc) is 3.82. The van der Waals surface area contributed by atoms with Crippen molar-refractivity contribution in [3.05, 3.63) is 108 Å². The highest BCUT2D eigenvalue weighted by Crippen LogP contribution is 2.32. The molecule has 2 saturated heterocycles. The number of nitrogens with zero attached hydrogens (tertiary/aromatic N) is 6. The predicted molar refractivity (Wildman–Crippen MR) is 184 cm³/mol. The number of phenols is 1. The molecule has 0 unspecified atom stereocenters. The van der Waals surface area contributed by atoms with Crippen LogP contribution in [0, 0.1) is 18.3 Å². The smallest absolute Gasteiger partial charge is 0.334 e. The zero-order valence-electron chi connectivity index (χ0n) is 27.2. The van der Waals surface area contributed by atoms with Crippen LogP contribution in [-0.2, 0) is 35.6 Å².